The molecule has 3 heteroatoms. The van der Waals surface area contributed by atoms with Crippen LogP contribution in [-0.2, 0) is 6.54 Å². The number of carbonyl (C=O) groups excluding carboxylic acids is 1. The van der Waals surface area contributed by atoms with E-state index >= 15 is 0 Å². The molecule has 2 amide bonds. The molecule has 1 N–H and O–H groups in total. The average molecular weight is 288 g/mol. The third kappa shape index (κ3) is 4.23. The van der Waals surface area contributed by atoms with E-state index in [0.717, 1.165) is 6.42 Å². The molecule has 0 heterocycles. The highest BCUT2D eigenvalue weighted by atomic mass is 16.2. The van der Waals surface area contributed by atoms with Crippen LogP contribution in [0, 0.1) is 5.92 Å². The lowest BCUT2D eigenvalue weighted by molar-refractivity contribution is 0.200. The summed E-state index contributed by atoms with van der Waals surface area (Å²) in [6.45, 7) is 7.27. The summed E-state index contributed by atoms with van der Waals surface area (Å²) in [5.41, 5.74) is 2.52. The van der Waals surface area contributed by atoms with Crippen LogP contribution >= 0.6 is 0 Å². The minimum atomic E-state index is 0.0432. The Bertz CT molecular complexity index is 467. The van der Waals surface area contributed by atoms with E-state index in [1.54, 1.807) is 4.90 Å². The highest BCUT2D eigenvalue weighted by Crippen LogP contribution is 2.25. The molecule has 21 heavy (non-hydrogen) atoms. The maximum atomic E-state index is 12.2. The number of carbonyl (C=O) groups is 1. The van der Waals surface area contributed by atoms with Gasteiger partial charge in [0.05, 0.1) is 0 Å². The van der Waals surface area contributed by atoms with Crippen LogP contribution in [0.4, 0.5) is 4.79 Å². The van der Waals surface area contributed by atoms with E-state index in [9.17, 15) is 4.79 Å². The number of nitrogens with zero attached hydrogens (tertiary/aromatic N) is 1. The quantitative estimate of drug-likeness (QED) is 0.887. The Morgan fingerprint density at radius 2 is 1.95 bits per heavy atom. The maximum absolute atomic E-state index is 12.2. The largest absolute Gasteiger partial charge is 0.335 e. The molecule has 1 aromatic carbocycles. The zero-order valence-corrected chi connectivity index (χ0v) is 13.7. The highest BCUT2D eigenvalue weighted by Gasteiger charge is 2.25. The Labute approximate surface area is 128 Å². The first-order chi connectivity index (χ1) is 9.97. The van der Waals surface area contributed by atoms with Gasteiger partial charge < -0.3 is 10.2 Å². The number of rotatable bonds is 4. The van der Waals surface area contributed by atoms with E-state index in [0.29, 0.717) is 24.4 Å². The predicted octanol–water partition coefficient (Wildman–Crippen LogP) is 4.14. The smallest absolute Gasteiger partial charge is 0.317 e. The van der Waals surface area contributed by atoms with Gasteiger partial charge in [-0.15, -0.1) is 0 Å². The van der Waals surface area contributed by atoms with Crippen molar-refractivity contribution in [3.05, 3.63) is 35.4 Å². The molecule has 0 aromatic heterocycles. The van der Waals surface area contributed by atoms with E-state index in [4.69, 9.17) is 0 Å². The van der Waals surface area contributed by atoms with Gasteiger partial charge in [0, 0.05) is 19.6 Å². The molecule has 2 unspecified atom stereocenters. The zero-order valence-electron chi connectivity index (χ0n) is 13.7. The van der Waals surface area contributed by atoms with Gasteiger partial charge in [0.15, 0.2) is 0 Å². The predicted molar refractivity (Wildman–Crippen MR) is 87.3 cm³/mol. The molecule has 1 saturated carbocycles. The molecule has 2 rings (SSSR count). The van der Waals surface area contributed by atoms with Gasteiger partial charge in [-0.25, -0.2) is 4.79 Å². The fourth-order valence-electron chi connectivity index (χ4n) is 2.98. The SMILES string of the molecule is CC(C)c1ccc(CN(C)C(=O)NC2CCCC2C)cc1. The fourth-order valence-corrected chi connectivity index (χ4v) is 2.98. The number of benzene rings is 1. The number of amides is 2. The van der Waals surface area contributed by atoms with Crippen molar-refractivity contribution in [2.24, 2.45) is 5.92 Å². The van der Waals surface area contributed by atoms with Crippen LogP contribution in [0.5, 0.6) is 0 Å². The van der Waals surface area contributed by atoms with Crippen molar-refractivity contribution in [3.63, 3.8) is 0 Å². The van der Waals surface area contributed by atoms with Crippen molar-refractivity contribution in [2.45, 2.75) is 58.5 Å². The van der Waals surface area contributed by atoms with Crippen LogP contribution in [0.3, 0.4) is 0 Å². The highest BCUT2D eigenvalue weighted by molar-refractivity contribution is 5.74. The zero-order chi connectivity index (χ0) is 15.4. The van der Waals surface area contributed by atoms with Gasteiger partial charge >= 0.3 is 6.03 Å². The van der Waals surface area contributed by atoms with Gasteiger partial charge in [0.2, 0.25) is 0 Å². The second kappa shape index (κ2) is 6.97. The molecule has 1 aromatic rings. The van der Waals surface area contributed by atoms with Crippen molar-refractivity contribution < 1.29 is 4.79 Å². The standard InChI is InChI=1S/C18H28N2O/c1-13(2)16-10-8-15(9-11-16)12-20(4)18(21)19-17-7-5-6-14(17)3/h8-11,13-14,17H,5-7,12H2,1-4H3,(H,19,21). The number of nitrogens with one attached hydrogen (secondary N) is 1. The molecule has 1 aliphatic rings. The minimum Gasteiger partial charge on any atom is -0.335 e. The first-order valence-corrected chi connectivity index (χ1v) is 8.08. The molecule has 1 aliphatic carbocycles. The van der Waals surface area contributed by atoms with Gasteiger partial charge in [0.25, 0.3) is 0 Å². The lowest BCUT2D eigenvalue weighted by Crippen LogP contribution is -2.43. The van der Waals surface area contributed by atoms with E-state index in [-0.39, 0.29) is 6.03 Å². The van der Waals surface area contributed by atoms with Crippen LogP contribution in [0.25, 0.3) is 0 Å². The van der Waals surface area contributed by atoms with E-state index in [2.05, 4.69) is 50.4 Å². The molecule has 3 nitrogen and oxygen atoms in total. The Morgan fingerprint density at radius 1 is 1.29 bits per heavy atom. The third-order valence-electron chi connectivity index (χ3n) is 4.58. The fraction of sp³-hybridized carbons (Fsp3) is 0.611. The van der Waals surface area contributed by atoms with Crippen LogP contribution in [0.15, 0.2) is 24.3 Å². The van der Waals surface area contributed by atoms with Crippen molar-refractivity contribution in [1.29, 1.82) is 0 Å². The summed E-state index contributed by atoms with van der Waals surface area (Å²) in [7, 11) is 1.87. The summed E-state index contributed by atoms with van der Waals surface area (Å²) in [4.78, 5) is 14.0. The molecule has 2 atom stereocenters. The number of hydrogen-bond donors (Lipinski definition) is 1. The third-order valence-corrected chi connectivity index (χ3v) is 4.58. The Kier molecular flexibility index (Phi) is 5.27. The second-order valence-electron chi connectivity index (χ2n) is 6.72. The molecular weight excluding hydrogens is 260 g/mol. The van der Waals surface area contributed by atoms with Crippen LogP contribution < -0.4 is 5.32 Å². The Hall–Kier alpha value is -1.51. The monoisotopic (exact) mass is 288 g/mol. The van der Waals surface area contributed by atoms with Gasteiger partial charge in [-0.05, 0) is 35.8 Å². The van der Waals surface area contributed by atoms with Gasteiger partial charge in [-0.1, -0.05) is 51.5 Å². The summed E-state index contributed by atoms with van der Waals surface area (Å²) in [6, 6.07) is 8.95. The molecule has 0 spiro atoms. The lowest BCUT2D eigenvalue weighted by atomic mass is 10.0. The lowest BCUT2D eigenvalue weighted by Gasteiger charge is -2.23. The maximum Gasteiger partial charge on any atom is 0.317 e. The number of urea groups is 1. The molecule has 0 bridgehead atoms. The summed E-state index contributed by atoms with van der Waals surface area (Å²) in [6.07, 6.45) is 3.57. The topological polar surface area (TPSA) is 32.3 Å². The summed E-state index contributed by atoms with van der Waals surface area (Å²) < 4.78 is 0. The first kappa shape index (κ1) is 15.9. The van der Waals surface area contributed by atoms with Crippen molar-refractivity contribution >= 4 is 6.03 Å². The summed E-state index contributed by atoms with van der Waals surface area (Å²) in [5, 5.41) is 3.17. The van der Waals surface area contributed by atoms with Crippen molar-refractivity contribution in [3.8, 4) is 0 Å². The normalized spacial score (nSPS) is 21.6. The first-order valence-electron chi connectivity index (χ1n) is 8.08. The molecule has 0 radical (unpaired) electrons. The molecule has 116 valence electrons. The van der Waals surface area contributed by atoms with Gasteiger partial charge in [-0.2, -0.15) is 0 Å². The van der Waals surface area contributed by atoms with E-state index in [1.807, 2.05) is 7.05 Å². The summed E-state index contributed by atoms with van der Waals surface area (Å²) >= 11 is 0. The van der Waals surface area contributed by atoms with Crippen LogP contribution in [-0.4, -0.2) is 24.0 Å². The van der Waals surface area contributed by atoms with Gasteiger partial charge in [0.1, 0.15) is 0 Å². The van der Waals surface area contributed by atoms with Crippen molar-refractivity contribution in [1.82, 2.24) is 10.2 Å². The minimum absolute atomic E-state index is 0.0432. The Morgan fingerprint density at radius 3 is 2.48 bits per heavy atom. The van der Waals surface area contributed by atoms with E-state index < -0.39 is 0 Å². The molecule has 0 saturated heterocycles. The van der Waals surface area contributed by atoms with E-state index in [1.165, 1.54) is 24.0 Å². The Balaban J connectivity index is 1.88. The van der Waals surface area contributed by atoms with Crippen molar-refractivity contribution in [2.75, 3.05) is 7.05 Å². The second-order valence-corrected chi connectivity index (χ2v) is 6.72. The molecule has 0 aliphatic heterocycles. The summed E-state index contributed by atoms with van der Waals surface area (Å²) in [5.74, 6) is 1.15. The van der Waals surface area contributed by atoms with Crippen LogP contribution in [0.1, 0.15) is 57.1 Å². The average Bonchev–Trinajstić information content (AvgIpc) is 2.84. The molecular formula is C18H28N2O. The van der Waals surface area contributed by atoms with Crippen LogP contribution in [0.2, 0.25) is 0 Å². The number of hydrogen-bond acceptors (Lipinski definition) is 1. The van der Waals surface area contributed by atoms with Gasteiger partial charge in [-0.3, -0.25) is 0 Å². The molecule has 1 fully saturated rings.